The molecule has 2 amide bonds. The first-order valence-corrected chi connectivity index (χ1v) is 10.1. The number of thioether (sulfide) groups is 1. The summed E-state index contributed by atoms with van der Waals surface area (Å²) in [5.41, 5.74) is 4.61. The summed E-state index contributed by atoms with van der Waals surface area (Å²) in [6.45, 7) is 0. The predicted molar refractivity (Wildman–Crippen MR) is 104 cm³/mol. The van der Waals surface area contributed by atoms with Crippen molar-refractivity contribution in [1.29, 1.82) is 0 Å². The fraction of sp³-hybridized carbons (Fsp3) is 0.111. The van der Waals surface area contributed by atoms with Gasteiger partial charge in [-0.3, -0.25) is 20.4 Å². The summed E-state index contributed by atoms with van der Waals surface area (Å²) in [7, 11) is -0.841. The molecule has 2 rings (SSSR count). The van der Waals surface area contributed by atoms with E-state index < -0.39 is 21.8 Å². The topological polar surface area (TPSA) is 95.6 Å². The van der Waals surface area contributed by atoms with Crippen molar-refractivity contribution in [1.82, 2.24) is 15.2 Å². The molecule has 0 saturated heterocycles. The molecule has 0 heterocycles. The van der Waals surface area contributed by atoms with E-state index in [1.807, 2.05) is 30.3 Å². The number of amides is 2. The van der Waals surface area contributed by atoms with E-state index in [2.05, 4.69) is 10.9 Å². The lowest BCUT2D eigenvalue weighted by Crippen LogP contribution is -2.40. The molecule has 0 aliphatic heterocycles. The maximum Gasteiger partial charge on any atom is 0.269 e. The maximum atomic E-state index is 12.1. The van der Waals surface area contributed by atoms with Crippen LogP contribution in [0.2, 0.25) is 0 Å². The molecule has 7 nitrogen and oxygen atoms in total. The summed E-state index contributed by atoms with van der Waals surface area (Å²) in [6.07, 6.45) is 1.28. The van der Waals surface area contributed by atoms with Gasteiger partial charge in [0.05, 0.1) is 4.90 Å². The van der Waals surface area contributed by atoms with Crippen LogP contribution in [0.3, 0.4) is 0 Å². The molecular formula is C18H19N3O4S2. The van der Waals surface area contributed by atoms with Crippen molar-refractivity contribution in [3.63, 3.8) is 0 Å². The van der Waals surface area contributed by atoms with Gasteiger partial charge in [-0.15, -0.1) is 0 Å². The Bertz CT molecular complexity index is 942. The molecule has 2 aromatic rings. The molecule has 0 radical (unpaired) electrons. The van der Waals surface area contributed by atoms with Crippen LogP contribution in [-0.2, 0) is 14.8 Å². The highest BCUT2D eigenvalue weighted by Crippen LogP contribution is 2.17. The minimum absolute atomic E-state index is 0.00867. The Morgan fingerprint density at radius 1 is 1.00 bits per heavy atom. The van der Waals surface area contributed by atoms with E-state index >= 15 is 0 Å². The van der Waals surface area contributed by atoms with Gasteiger partial charge >= 0.3 is 0 Å². The molecule has 0 aliphatic carbocycles. The maximum absolute atomic E-state index is 12.1. The number of carbonyl (C=O) groups is 2. The largest absolute Gasteiger partial charge is 0.269 e. The third-order valence-electron chi connectivity index (χ3n) is 3.34. The first-order valence-electron chi connectivity index (χ1n) is 7.82. The van der Waals surface area contributed by atoms with E-state index in [4.69, 9.17) is 0 Å². The van der Waals surface area contributed by atoms with Crippen molar-refractivity contribution in [2.24, 2.45) is 0 Å². The number of hydrogen-bond donors (Lipinski definition) is 2. The highest BCUT2D eigenvalue weighted by molar-refractivity contribution is 8.02. The number of nitrogens with zero attached hydrogens (tertiary/aromatic N) is 1. The van der Waals surface area contributed by atoms with Gasteiger partial charge in [-0.05, 0) is 35.7 Å². The summed E-state index contributed by atoms with van der Waals surface area (Å²) in [5, 5.41) is 1.60. The molecule has 0 spiro atoms. The quantitative estimate of drug-likeness (QED) is 0.435. The lowest BCUT2D eigenvalue weighted by molar-refractivity contribution is -0.117. The van der Waals surface area contributed by atoms with Crippen LogP contribution < -0.4 is 10.9 Å². The Morgan fingerprint density at radius 2 is 1.70 bits per heavy atom. The number of rotatable bonds is 6. The summed E-state index contributed by atoms with van der Waals surface area (Å²) in [5.74, 6) is -1.13. The standard InChI is InChI=1S/C18H19N3O4S2/c1-21(2)27(24,25)16-10-6-7-14(13-16)18(23)20-19-17(22)11-12-26-15-8-4-3-5-9-15/h3-13H,1-2H3,(H,19,22)(H,20,23)/b12-11+. The highest BCUT2D eigenvalue weighted by atomic mass is 32.2. The molecule has 9 heteroatoms. The van der Waals surface area contributed by atoms with Gasteiger partial charge in [0.15, 0.2) is 0 Å². The highest BCUT2D eigenvalue weighted by Gasteiger charge is 2.18. The zero-order valence-corrected chi connectivity index (χ0v) is 16.4. The zero-order chi connectivity index (χ0) is 19.9. The molecule has 0 unspecified atom stereocenters. The molecule has 142 valence electrons. The Hall–Kier alpha value is -2.62. The number of sulfonamides is 1. The van der Waals surface area contributed by atoms with E-state index in [0.29, 0.717) is 0 Å². The average molecular weight is 406 g/mol. The Balaban J connectivity index is 1.93. The van der Waals surface area contributed by atoms with Crippen LogP contribution >= 0.6 is 11.8 Å². The smallest absolute Gasteiger partial charge is 0.268 e. The van der Waals surface area contributed by atoms with Crippen molar-refractivity contribution < 1.29 is 18.0 Å². The molecule has 0 aromatic heterocycles. The SMILES string of the molecule is CN(C)S(=O)(=O)c1cccc(C(=O)NNC(=O)/C=C/Sc2ccccc2)c1. The lowest BCUT2D eigenvalue weighted by atomic mass is 10.2. The van der Waals surface area contributed by atoms with Gasteiger partial charge < -0.3 is 0 Å². The first-order chi connectivity index (χ1) is 12.8. The van der Waals surface area contributed by atoms with E-state index in [9.17, 15) is 18.0 Å². The molecule has 0 saturated carbocycles. The number of hydrazine groups is 1. The number of carbonyl (C=O) groups excluding carboxylic acids is 2. The predicted octanol–water partition coefficient (Wildman–Crippen LogP) is 2.00. The summed E-state index contributed by atoms with van der Waals surface area (Å²) >= 11 is 1.36. The van der Waals surface area contributed by atoms with Gasteiger partial charge in [0.2, 0.25) is 10.0 Å². The van der Waals surface area contributed by atoms with Gasteiger partial charge in [-0.25, -0.2) is 12.7 Å². The van der Waals surface area contributed by atoms with Crippen LogP contribution in [0.4, 0.5) is 0 Å². The Labute approximate surface area is 162 Å². The van der Waals surface area contributed by atoms with Gasteiger partial charge in [-0.1, -0.05) is 36.0 Å². The van der Waals surface area contributed by atoms with Crippen molar-refractivity contribution in [3.8, 4) is 0 Å². The molecule has 2 N–H and O–H groups in total. The van der Waals surface area contributed by atoms with Crippen LogP contribution in [0, 0.1) is 0 Å². The van der Waals surface area contributed by atoms with Gasteiger partial charge in [0.1, 0.15) is 0 Å². The Kier molecular flexibility index (Phi) is 7.17. The normalized spacial score (nSPS) is 11.5. The van der Waals surface area contributed by atoms with Crippen LogP contribution in [-0.4, -0.2) is 38.6 Å². The molecule has 0 aliphatic rings. The van der Waals surface area contributed by atoms with Crippen molar-refractivity contribution in [2.75, 3.05) is 14.1 Å². The lowest BCUT2D eigenvalue weighted by Gasteiger charge is -2.12. The third kappa shape index (κ3) is 5.95. The fourth-order valence-electron chi connectivity index (χ4n) is 1.91. The minimum Gasteiger partial charge on any atom is -0.268 e. The summed E-state index contributed by atoms with van der Waals surface area (Å²) < 4.78 is 25.3. The molecule has 2 aromatic carbocycles. The van der Waals surface area contributed by atoms with E-state index in [1.54, 1.807) is 5.41 Å². The van der Waals surface area contributed by atoms with Gasteiger partial charge in [-0.2, -0.15) is 0 Å². The number of nitrogens with one attached hydrogen (secondary N) is 2. The van der Waals surface area contributed by atoms with E-state index in [0.717, 1.165) is 9.20 Å². The van der Waals surface area contributed by atoms with E-state index in [1.165, 1.54) is 56.2 Å². The number of hydrogen-bond acceptors (Lipinski definition) is 5. The second-order valence-electron chi connectivity index (χ2n) is 5.49. The molecule has 0 fully saturated rings. The second kappa shape index (κ2) is 9.36. The van der Waals surface area contributed by atoms with Crippen molar-refractivity contribution in [2.45, 2.75) is 9.79 Å². The molecule has 27 heavy (non-hydrogen) atoms. The molecular weight excluding hydrogens is 386 g/mol. The van der Waals surface area contributed by atoms with Crippen molar-refractivity contribution in [3.05, 3.63) is 71.6 Å². The minimum atomic E-state index is -3.65. The van der Waals surface area contributed by atoms with Crippen LogP contribution in [0.15, 0.2) is 75.9 Å². The van der Waals surface area contributed by atoms with Crippen LogP contribution in [0.1, 0.15) is 10.4 Å². The fourth-order valence-corrected chi connectivity index (χ4v) is 3.53. The van der Waals surface area contributed by atoms with Gasteiger partial charge in [0.25, 0.3) is 11.8 Å². The average Bonchev–Trinajstić information content (AvgIpc) is 2.67. The first kappa shape index (κ1) is 20.7. The van der Waals surface area contributed by atoms with Crippen LogP contribution in [0.25, 0.3) is 0 Å². The zero-order valence-electron chi connectivity index (χ0n) is 14.7. The van der Waals surface area contributed by atoms with E-state index in [-0.39, 0.29) is 10.5 Å². The monoisotopic (exact) mass is 405 g/mol. The third-order valence-corrected chi connectivity index (χ3v) is 5.97. The second-order valence-corrected chi connectivity index (χ2v) is 8.62. The Morgan fingerprint density at radius 3 is 2.37 bits per heavy atom. The molecule has 0 atom stereocenters. The van der Waals surface area contributed by atoms with Gasteiger partial charge in [0, 0.05) is 30.6 Å². The van der Waals surface area contributed by atoms with Crippen molar-refractivity contribution >= 4 is 33.6 Å². The molecule has 0 bridgehead atoms. The number of benzene rings is 2. The summed E-state index contributed by atoms with van der Waals surface area (Å²) in [6, 6.07) is 15.1. The summed E-state index contributed by atoms with van der Waals surface area (Å²) in [4.78, 5) is 24.9. The van der Waals surface area contributed by atoms with Crippen LogP contribution in [0.5, 0.6) is 0 Å².